The third-order valence-corrected chi connectivity index (χ3v) is 3.17. The Hall–Kier alpha value is -0.0431. The highest BCUT2D eigenvalue weighted by Crippen LogP contribution is 1.94. The largest absolute Gasteiger partial charge is 0.105 e. The van der Waals surface area contributed by atoms with Gasteiger partial charge in [0.15, 0.2) is 0 Å². The zero-order valence-electron chi connectivity index (χ0n) is 7.40. The molecule has 0 bridgehead atoms. The van der Waals surface area contributed by atoms with Crippen molar-refractivity contribution in [1.82, 2.24) is 0 Å². The average molecular weight is 156 g/mol. The molecule has 0 saturated heterocycles. The fourth-order valence-electron chi connectivity index (χ4n) is 0.915. The van der Waals surface area contributed by atoms with Crippen molar-refractivity contribution in [2.24, 2.45) is 0 Å². The second-order valence-corrected chi connectivity index (χ2v) is 4.51. The molecule has 0 aliphatic carbocycles. The van der Waals surface area contributed by atoms with E-state index >= 15 is 0 Å². The number of rotatable bonds is 6. The molecule has 0 aliphatic heterocycles. The van der Waals surface area contributed by atoms with Crippen LogP contribution in [-0.4, -0.2) is 9.52 Å². The van der Waals surface area contributed by atoms with E-state index in [1.807, 2.05) is 0 Å². The lowest BCUT2D eigenvalue weighted by atomic mass is 10.3. The van der Waals surface area contributed by atoms with E-state index in [1.165, 1.54) is 31.7 Å². The van der Waals surface area contributed by atoms with Crippen molar-refractivity contribution in [1.29, 1.82) is 0 Å². The van der Waals surface area contributed by atoms with Crippen LogP contribution in [0.1, 0.15) is 39.5 Å². The second-order valence-electron chi connectivity index (χ2n) is 2.76. The Labute approximate surface area is 67.5 Å². The molecule has 60 valence electrons. The minimum absolute atomic E-state index is 0.199. The Morgan fingerprint density at radius 3 is 2.60 bits per heavy atom. The summed E-state index contributed by atoms with van der Waals surface area (Å²) in [6.07, 6.45) is 7.77. The van der Waals surface area contributed by atoms with Gasteiger partial charge in [-0.25, -0.2) is 0 Å². The SMILES string of the molecule is CCC/C=C/[SiH2]CCCC. The van der Waals surface area contributed by atoms with Crippen molar-refractivity contribution in [3.63, 3.8) is 0 Å². The van der Waals surface area contributed by atoms with Crippen molar-refractivity contribution in [2.75, 3.05) is 0 Å². The van der Waals surface area contributed by atoms with Crippen molar-refractivity contribution in [3.05, 3.63) is 11.8 Å². The van der Waals surface area contributed by atoms with E-state index in [2.05, 4.69) is 25.6 Å². The van der Waals surface area contributed by atoms with Gasteiger partial charge in [-0.15, -0.1) is 5.70 Å². The summed E-state index contributed by atoms with van der Waals surface area (Å²) in [5.74, 6) is 0. The molecular formula is C9H20Si. The van der Waals surface area contributed by atoms with Gasteiger partial charge in [0.05, 0.1) is 0 Å². The monoisotopic (exact) mass is 156 g/mol. The first kappa shape index (κ1) is 9.96. The summed E-state index contributed by atoms with van der Waals surface area (Å²) in [7, 11) is 0.199. The van der Waals surface area contributed by atoms with Gasteiger partial charge in [0, 0.05) is 9.52 Å². The van der Waals surface area contributed by atoms with E-state index in [-0.39, 0.29) is 9.52 Å². The van der Waals surface area contributed by atoms with E-state index in [1.54, 1.807) is 0 Å². The second kappa shape index (κ2) is 8.96. The highest BCUT2D eigenvalue weighted by atomic mass is 28.2. The molecule has 0 aromatic heterocycles. The van der Waals surface area contributed by atoms with Crippen molar-refractivity contribution in [2.45, 2.75) is 45.6 Å². The fourth-order valence-corrected chi connectivity index (χ4v) is 2.41. The first-order chi connectivity index (χ1) is 4.91. The predicted octanol–water partition coefficient (Wildman–Crippen LogP) is 2.69. The molecular weight excluding hydrogens is 136 g/mol. The van der Waals surface area contributed by atoms with Crippen molar-refractivity contribution in [3.8, 4) is 0 Å². The minimum atomic E-state index is 0.199. The number of hydrogen-bond donors (Lipinski definition) is 0. The predicted molar refractivity (Wildman–Crippen MR) is 52.3 cm³/mol. The smallest absolute Gasteiger partial charge is 0.0450 e. The summed E-state index contributed by atoms with van der Waals surface area (Å²) in [5.41, 5.74) is 2.46. The molecule has 0 aromatic rings. The van der Waals surface area contributed by atoms with Gasteiger partial charge in [-0.05, 0) is 6.42 Å². The molecule has 0 rings (SSSR count). The van der Waals surface area contributed by atoms with E-state index in [9.17, 15) is 0 Å². The molecule has 10 heavy (non-hydrogen) atoms. The number of unbranched alkanes of at least 4 members (excludes halogenated alkanes) is 2. The number of hydrogen-bond acceptors (Lipinski definition) is 0. The maximum absolute atomic E-state index is 2.46. The zero-order chi connectivity index (χ0) is 7.66. The molecule has 0 fully saturated rings. The Kier molecular flexibility index (Phi) is 8.92. The average Bonchev–Trinajstić information content (AvgIpc) is 1.97. The van der Waals surface area contributed by atoms with Gasteiger partial charge >= 0.3 is 0 Å². The van der Waals surface area contributed by atoms with Gasteiger partial charge in [-0.3, -0.25) is 0 Å². The molecule has 0 amide bonds. The molecule has 0 aromatic carbocycles. The Morgan fingerprint density at radius 1 is 1.20 bits per heavy atom. The van der Waals surface area contributed by atoms with Crippen molar-refractivity contribution < 1.29 is 0 Å². The van der Waals surface area contributed by atoms with Gasteiger partial charge in [0.2, 0.25) is 0 Å². The van der Waals surface area contributed by atoms with Crippen LogP contribution in [0.2, 0.25) is 6.04 Å². The lowest BCUT2D eigenvalue weighted by Gasteiger charge is -1.89. The summed E-state index contributed by atoms with van der Waals surface area (Å²) in [6, 6.07) is 1.51. The van der Waals surface area contributed by atoms with Crippen LogP contribution in [0.5, 0.6) is 0 Å². The maximum atomic E-state index is 2.46. The summed E-state index contributed by atoms with van der Waals surface area (Å²) in [4.78, 5) is 0. The molecule has 0 atom stereocenters. The lowest BCUT2D eigenvalue weighted by Crippen LogP contribution is -1.82. The summed E-state index contributed by atoms with van der Waals surface area (Å²) in [6.45, 7) is 4.50. The normalized spacial score (nSPS) is 12.2. The Morgan fingerprint density at radius 2 is 2.00 bits per heavy atom. The molecule has 0 nitrogen and oxygen atoms in total. The highest BCUT2D eigenvalue weighted by Gasteiger charge is 1.81. The van der Waals surface area contributed by atoms with Crippen LogP contribution in [0.3, 0.4) is 0 Å². The summed E-state index contributed by atoms with van der Waals surface area (Å²) < 4.78 is 0. The molecule has 0 N–H and O–H groups in total. The third kappa shape index (κ3) is 7.96. The van der Waals surface area contributed by atoms with Gasteiger partial charge in [-0.2, -0.15) is 0 Å². The summed E-state index contributed by atoms with van der Waals surface area (Å²) in [5, 5.41) is 0. The fraction of sp³-hybridized carbons (Fsp3) is 0.778. The first-order valence-electron chi connectivity index (χ1n) is 4.56. The topological polar surface area (TPSA) is 0 Å². The van der Waals surface area contributed by atoms with Crippen LogP contribution in [-0.2, 0) is 0 Å². The van der Waals surface area contributed by atoms with E-state index in [0.717, 1.165) is 0 Å². The first-order valence-corrected chi connectivity index (χ1v) is 6.38. The molecule has 1 heteroatoms. The van der Waals surface area contributed by atoms with Crippen LogP contribution >= 0.6 is 0 Å². The minimum Gasteiger partial charge on any atom is -0.105 e. The summed E-state index contributed by atoms with van der Waals surface area (Å²) >= 11 is 0. The molecule has 0 heterocycles. The van der Waals surface area contributed by atoms with E-state index in [4.69, 9.17) is 0 Å². The van der Waals surface area contributed by atoms with Gasteiger partial charge in [0.1, 0.15) is 0 Å². The molecule has 0 saturated carbocycles. The zero-order valence-corrected chi connectivity index (χ0v) is 8.81. The van der Waals surface area contributed by atoms with Gasteiger partial charge in [0.25, 0.3) is 0 Å². The van der Waals surface area contributed by atoms with Crippen LogP contribution in [0, 0.1) is 0 Å². The highest BCUT2D eigenvalue weighted by molar-refractivity contribution is 6.41. The van der Waals surface area contributed by atoms with Crippen molar-refractivity contribution >= 4 is 9.52 Å². The molecule has 0 unspecified atom stereocenters. The molecule has 0 spiro atoms. The standard InChI is InChI=1S/C9H20Si/c1-3-5-7-9-10-8-6-4-2/h7,9H,3-6,8,10H2,1-2H3/b9-7+. The van der Waals surface area contributed by atoms with Crippen LogP contribution in [0.15, 0.2) is 11.8 Å². The Bertz CT molecular complexity index is 76.8. The maximum Gasteiger partial charge on any atom is 0.0450 e. The van der Waals surface area contributed by atoms with Crippen LogP contribution in [0.25, 0.3) is 0 Å². The van der Waals surface area contributed by atoms with Gasteiger partial charge in [-0.1, -0.05) is 45.2 Å². The lowest BCUT2D eigenvalue weighted by molar-refractivity contribution is 0.880. The number of allylic oxidation sites excluding steroid dienone is 1. The van der Waals surface area contributed by atoms with E-state index < -0.39 is 0 Å². The molecule has 0 radical (unpaired) electrons. The van der Waals surface area contributed by atoms with E-state index in [0.29, 0.717) is 0 Å². The quantitative estimate of drug-likeness (QED) is 0.410. The Balaban J connectivity index is 2.88. The van der Waals surface area contributed by atoms with Crippen LogP contribution < -0.4 is 0 Å². The van der Waals surface area contributed by atoms with Gasteiger partial charge < -0.3 is 0 Å². The van der Waals surface area contributed by atoms with Crippen LogP contribution in [0.4, 0.5) is 0 Å². The molecule has 0 aliphatic rings. The third-order valence-electron chi connectivity index (χ3n) is 1.60.